The molecule has 1 aliphatic rings. The second kappa shape index (κ2) is 9.78. The average Bonchev–Trinajstić information content (AvgIpc) is 3.58. The quantitative estimate of drug-likeness (QED) is 0.259. The number of nitrogens with zero attached hydrogens (tertiary/aromatic N) is 4. The van der Waals surface area contributed by atoms with Gasteiger partial charge in [-0.1, -0.05) is 109 Å². The van der Waals surface area contributed by atoms with Crippen molar-refractivity contribution in [2.24, 2.45) is 0 Å². The molecule has 1 aromatic heterocycles. The first-order valence-corrected chi connectivity index (χ1v) is 12.6. The third-order valence-electron chi connectivity index (χ3n) is 7.11. The molecule has 0 atom stereocenters. The van der Waals surface area contributed by atoms with Crippen LogP contribution in [0.25, 0.3) is 0 Å². The summed E-state index contributed by atoms with van der Waals surface area (Å²) in [6, 6.07) is 41.5. The van der Waals surface area contributed by atoms with Gasteiger partial charge in [-0.3, -0.25) is 4.90 Å². The van der Waals surface area contributed by atoms with Crippen LogP contribution in [0.15, 0.2) is 134 Å². The van der Waals surface area contributed by atoms with Crippen molar-refractivity contribution in [1.29, 1.82) is 0 Å². The molecule has 6 rings (SSSR count). The van der Waals surface area contributed by atoms with Gasteiger partial charge in [0.2, 0.25) is 0 Å². The molecule has 37 heavy (non-hydrogen) atoms. The molecule has 1 saturated heterocycles. The highest BCUT2D eigenvalue weighted by molar-refractivity contribution is 5.94. The monoisotopic (exact) mass is 484 g/mol. The highest BCUT2D eigenvalue weighted by Gasteiger charge is 2.38. The van der Waals surface area contributed by atoms with Crippen molar-refractivity contribution in [3.05, 3.63) is 156 Å². The maximum atomic E-state index is 13.2. The largest absolute Gasteiger partial charge is 0.324 e. The van der Waals surface area contributed by atoms with Gasteiger partial charge in [0.1, 0.15) is 5.54 Å². The second-order valence-corrected chi connectivity index (χ2v) is 9.27. The number of carbonyl (C=O) groups excluding carboxylic acids is 1. The number of carbonyl (C=O) groups is 1. The number of aromatic nitrogens is 2. The first kappa shape index (κ1) is 22.8. The smallest absolute Gasteiger partial charge is 0.319 e. The lowest BCUT2D eigenvalue weighted by atomic mass is 9.77. The van der Waals surface area contributed by atoms with Crippen molar-refractivity contribution >= 4 is 11.7 Å². The van der Waals surface area contributed by atoms with Crippen LogP contribution in [0.1, 0.15) is 22.4 Å². The van der Waals surface area contributed by atoms with Crippen molar-refractivity contribution in [2.75, 3.05) is 18.0 Å². The van der Waals surface area contributed by atoms with Gasteiger partial charge >= 0.3 is 6.03 Å². The lowest BCUT2D eigenvalue weighted by molar-refractivity contribution is 0.218. The van der Waals surface area contributed by atoms with Crippen LogP contribution in [0.4, 0.5) is 10.5 Å². The molecule has 0 spiro atoms. The van der Waals surface area contributed by atoms with E-state index in [9.17, 15) is 4.79 Å². The van der Waals surface area contributed by atoms with Crippen molar-refractivity contribution in [1.82, 2.24) is 14.5 Å². The molecule has 4 aromatic carbocycles. The average molecular weight is 485 g/mol. The number of hydrogen-bond donors (Lipinski definition) is 0. The van der Waals surface area contributed by atoms with Gasteiger partial charge in [0.25, 0.3) is 0 Å². The summed E-state index contributed by atoms with van der Waals surface area (Å²) in [4.78, 5) is 21.7. The fraction of sp³-hybridized carbons (Fsp3) is 0.125. The van der Waals surface area contributed by atoms with E-state index in [0.717, 1.165) is 28.1 Å². The lowest BCUT2D eigenvalue weighted by Gasteiger charge is -2.37. The van der Waals surface area contributed by atoms with E-state index in [1.54, 1.807) is 0 Å². The van der Waals surface area contributed by atoms with Crippen molar-refractivity contribution in [3.8, 4) is 0 Å². The summed E-state index contributed by atoms with van der Waals surface area (Å²) < 4.78 is 2.19. The summed E-state index contributed by atoms with van der Waals surface area (Å²) in [5, 5.41) is 0. The molecule has 0 N–H and O–H groups in total. The predicted molar refractivity (Wildman–Crippen MR) is 146 cm³/mol. The Balaban J connectivity index is 1.40. The van der Waals surface area contributed by atoms with Crippen LogP contribution < -0.4 is 4.90 Å². The molecule has 5 nitrogen and oxygen atoms in total. The molecule has 0 aliphatic carbocycles. The third-order valence-corrected chi connectivity index (χ3v) is 7.11. The van der Waals surface area contributed by atoms with E-state index in [2.05, 4.69) is 83.6 Å². The zero-order valence-corrected chi connectivity index (χ0v) is 20.5. The molecule has 2 amide bonds. The lowest BCUT2D eigenvalue weighted by Crippen LogP contribution is -2.37. The summed E-state index contributed by atoms with van der Waals surface area (Å²) >= 11 is 0. The molecule has 0 saturated carbocycles. The molecule has 0 unspecified atom stereocenters. The minimum atomic E-state index is -0.611. The van der Waals surface area contributed by atoms with E-state index in [1.807, 2.05) is 64.7 Å². The number of amides is 2. The van der Waals surface area contributed by atoms with Crippen LogP contribution >= 0.6 is 0 Å². The first-order valence-electron chi connectivity index (χ1n) is 12.6. The van der Waals surface area contributed by atoms with Gasteiger partial charge in [0.15, 0.2) is 0 Å². The molecule has 0 radical (unpaired) electrons. The number of hydrogen-bond acceptors (Lipinski definition) is 2. The highest BCUT2D eigenvalue weighted by Crippen LogP contribution is 2.40. The molecule has 5 heteroatoms. The number of para-hydroxylation sites is 1. The standard InChI is InChI=1S/C32H28N4O/c37-31-34(21-22-36(31)30-19-11-4-12-20-30)23-29-24-35(25-33-29)32(26-13-5-1-6-14-26,27-15-7-2-8-16-27)28-17-9-3-10-18-28/h1-20,24-25H,21-23H2. The van der Waals surface area contributed by atoms with Gasteiger partial charge in [-0.15, -0.1) is 0 Å². The van der Waals surface area contributed by atoms with E-state index >= 15 is 0 Å². The maximum Gasteiger partial charge on any atom is 0.324 e. The molecule has 1 aliphatic heterocycles. The number of imidazole rings is 1. The van der Waals surface area contributed by atoms with E-state index < -0.39 is 5.54 Å². The van der Waals surface area contributed by atoms with E-state index in [1.165, 1.54) is 0 Å². The summed E-state index contributed by atoms with van der Waals surface area (Å²) in [5.41, 5.74) is 4.60. The third kappa shape index (κ3) is 4.08. The zero-order chi connectivity index (χ0) is 25.1. The number of rotatable bonds is 7. The molecule has 5 aromatic rings. The van der Waals surface area contributed by atoms with Gasteiger partial charge in [0, 0.05) is 25.0 Å². The van der Waals surface area contributed by atoms with E-state index in [4.69, 9.17) is 4.98 Å². The minimum absolute atomic E-state index is 0.0150. The zero-order valence-electron chi connectivity index (χ0n) is 20.5. The Morgan fingerprint density at radius 2 is 1.14 bits per heavy atom. The topological polar surface area (TPSA) is 41.4 Å². The van der Waals surface area contributed by atoms with Gasteiger partial charge in [-0.2, -0.15) is 0 Å². The van der Waals surface area contributed by atoms with Crippen molar-refractivity contribution in [3.63, 3.8) is 0 Å². The van der Waals surface area contributed by atoms with Gasteiger partial charge in [-0.05, 0) is 28.8 Å². The molecular formula is C32H28N4O. The minimum Gasteiger partial charge on any atom is -0.319 e. The van der Waals surface area contributed by atoms with E-state index in [0.29, 0.717) is 19.6 Å². The first-order chi connectivity index (χ1) is 18.3. The van der Waals surface area contributed by atoms with Crippen LogP contribution in [0.2, 0.25) is 0 Å². The number of urea groups is 1. The van der Waals surface area contributed by atoms with Gasteiger partial charge in [-0.25, -0.2) is 9.78 Å². The van der Waals surface area contributed by atoms with Gasteiger partial charge < -0.3 is 9.47 Å². The number of benzene rings is 4. The van der Waals surface area contributed by atoms with Gasteiger partial charge in [0.05, 0.1) is 18.6 Å². The van der Waals surface area contributed by atoms with Crippen LogP contribution in [0.5, 0.6) is 0 Å². The van der Waals surface area contributed by atoms with Crippen LogP contribution in [-0.2, 0) is 12.1 Å². The molecular weight excluding hydrogens is 456 g/mol. The Morgan fingerprint density at radius 1 is 0.649 bits per heavy atom. The molecule has 2 heterocycles. The van der Waals surface area contributed by atoms with E-state index in [-0.39, 0.29) is 6.03 Å². The Kier molecular flexibility index (Phi) is 6.03. The molecule has 0 bridgehead atoms. The Labute approximate surface area is 217 Å². The summed E-state index contributed by atoms with van der Waals surface area (Å²) in [6.45, 7) is 1.80. The summed E-state index contributed by atoms with van der Waals surface area (Å²) in [5.74, 6) is 0. The normalized spacial score (nSPS) is 13.8. The predicted octanol–water partition coefficient (Wildman–Crippen LogP) is 6.17. The molecule has 1 fully saturated rings. The second-order valence-electron chi connectivity index (χ2n) is 9.27. The van der Waals surface area contributed by atoms with Crippen molar-refractivity contribution < 1.29 is 4.79 Å². The fourth-order valence-corrected chi connectivity index (χ4v) is 5.39. The van der Waals surface area contributed by atoms with Crippen LogP contribution in [-0.4, -0.2) is 33.6 Å². The Bertz CT molecular complexity index is 1370. The fourth-order valence-electron chi connectivity index (χ4n) is 5.39. The highest BCUT2D eigenvalue weighted by atomic mass is 16.2. The number of anilines is 1. The Hall–Kier alpha value is -4.64. The SMILES string of the molecule is O=C1N(Cc2cn(C(c3ccccc3)(c3ccccc3)c3ccccc3)cn2)CCN1c1ccccc1. The summed E-state index contributed by atoms with van der Waals surface area (Å²) in [6.07, 6.45) is 3.99. The van der Waals surface area contributed by atoms with Crippen molar-refractivity contribution in [2.45, 2.75) is 12.1 Å². The van der Waals surface area contributed by atoms with Crippen LogP contribution in [0, 0.1) is 0 Å². The summed E-state index contributed by atoms with van der Waals surface area (Å²) in [7, 11) is 0. The molecule has 182 valence electrons. The maximum absolute atomic E-state index is 13.2. The van der Waals surface area contributed by atoms with Crippen LogP contribution in [0.3, 0.4) is 0 Å². The Morgan fingerprint density at radius 3 is 1.65 bits per heavy atom.